The highest BCUT2D eigenvalue weighted by Crippen LogP contribution is 2.32. The third kappa shape index (κ3) is 2.53. The van der Waals surface area contributed by atoms with Gasteiger partial charge in [0.05, 0.1) is 17.9 Å². The number of likely N-dealkylation sites (tertiary alicyclic amines) is 1. The van der Waals surface area contributed by atoms with Gasteiger partial charge in [0, 0.05) is 18.8 Å². The number of aromatic nitrogens is 4. The molecule has 1 saturated heterocycles. The molecule has 1 amide bonds. The van der Waals surface area contributed by atoms with Crippen molar-refractivity contribution >= 4 is 5.91 Å². The third-order valence-electron chi connectivity index (χ3n) is 4.34. The van der Waals surface area contributed by atoms with Crippen LogP contribution in [0.4, 0.5) is 0 Å². The van der Waals surface area contributed by atoms with Crippen molar-refractivity contribution < 1.29 is 4.79 Å². The lowest BCUT2D eigenvalue weighted by Gasteiger charge is -2.35. The Morgan fingerprint density at radius 1 is 1.41 bits per heavy atom. The van der Waals surface area contributed by atoms with Crippen molar-refractivity contribution in [1.29, 1.82) is 0 Å². The molecule has 22 heavy (non-hydrogen) atoms. The van der Waals surface area contributed by atoms with Gasteiger partial charge in [-0.05, 0) is 51.7 Å². The van der Waals surface area contributed by atoms with Gasteiger partial charge in [-0.15, -0.1) is 0 Å². The van der Waals surface area contributed by atoms with E-state index < -0.39 is 0 Å². The van der Waals surface area contributed by atoms with Crippen molar-refractivity contribution in [2.24, 2.45) is 0 Å². The molecule has 6 nitrogen and oxygen atoms in total. The summed E-state index contributed by atoms with van der Waals surface area (Å²) in [5.74, 6) is 0.0601. The molecule has 0 aliphatic carbocycles. The Labute approximate surface area is 130 Å². The smallest absolute Gasteiger partial charge is 0.272 e. The van der Waals surface area contributed by atoms with E-state index >= 15 is 0 Å². The molecule has 0 bridgehead atoms. The first-order chi connectivity index (χ1) is 10.6. The van der Waals surface area contributed by atoms with Gasteiger partial charge in [-0.3, -0.25) is 14.6 Å². The van der Waals surface area contributed by atoms with Gasteiger partial charge in [-0.2, -0.15) is 10.2 Å². The van der Waals surface area contributed by atoms with Gasteiger partial charge in [0.1, 0.15) is 5.69 Å². The second-order valence-corrected chi connectivity index (χ2v) is 6.23. The average Bonchev–Trinajstić information content (AvgIpc) is 3.15. The van der Waals surface area contributed by atoms with Crippen LogP contribution in [0, 0.1) is 6.92 Å². The highest BCUT2D eigenvalue weighted by atomic mass is 16.2. The van der Waals surface area contributed by atoms with Gasteiger partial charge in [-0.25, -0.2) is 0 Å². The minimum absolute atomic E-state index is 0.0601. The lowest BCUT2D eigenvalue weighted by molar-refractivity contribution is 0.0590. The maximum absolute atomic E-state index is 13.0. The number of nitrogens with zero attached hydrogens (tertiary/aromatic N) is 4. The van der Waals surface area contributed by atoms with Crippen molar-refractivity contribution in [3.8, 4) is 0 Å². The first kappa shape index (κ1) is 14.8. The number of nitrogens with one attached hydrogen (secondary N) is 1. The normalized spacial score (nSPS) is 18.9. The lowest BCUT2D eigenvalue weighted by atomic mass is 9.97. The Kier molecular flexibility index (Phi) is 4.00. The van der Waals surface area contributed by atoms with Crippen molar-refractivity contribution in [3.63, 3.8) is 0 Å². The number of carbonyl (C=O) groups is 1. The number of aromatic amines is 1. The first-order valence-corrected chi connectivity index (χ1v) is 7.94. The molecule has 0 spiro atoms. The van der Waals surface area contributed by atoms with Gasteiger partial charge in [-0.1, -0.05) is 0 Å². The lowest BCUT2D eigenvalue weighted by Crippen LogP contribution is -2.40. The van der Waals surface area contributed by atoms with E-state index in [1.807, 2.05) is 37.9 Å². The van der Waals surface area contributed by atoms with Crippen molar-refractivity contribution in [1.82, 2.24) is 24.9 Å². The predicted octanol–water partition coefficient (Wildman–Crippen LogP) is 2.86. The maximum Gasteiger partial charge on any atom is 0.272 e. The van der Waals surface area contributed by atoms with Gasteiger partial charge in [0.15, 0.2) is 0 Å². The number of hydrogen-bond acceptors (Lipinski definition) is 3. The molecule has 1 fully saturated rings. The van der Waals surface area contributed by atoms with Crippen LogP contribution in [0.15, 0.2) is 18.5 Å². The average molecular weight is 301 g/mol. The van der Waals surface area contributed by atoms with E-state index in [4.69, 9.17) is 0 Å². The Balaban J connectivity index is 1.92. The van der Waals surface area contributed by atoms with Gasteiger partial charge >= 0.3 is 0 Å². The number of rotatable bonds is 3. The van der Waals surface area contributed by atoms with Crippen LogP contribution in [-0.2, 0) is 0 Å². The van der Waals surface area contributed by atoms with Gasteiger partial charge < -0.3 is 4.90 Å². The monoisotopic (exact) mass is 301 g/mol. The summed E-state index contributed by atoms with van der Waals surface area (Å²) in [7, 11) is 0. The molecule has 0 aromatic carbocycles. The fraction of sp³-hybridized carbons (Fsp3) is 0.562. The molecule has 118 valence electrons. The topological polar surface area (TPSA) is 66.8 Å². The van der Waals surface area contributed by atoms with Crippen molar-refractivity contribution in [2.45, 2.75) is 52.1 Å². The molecular formula is C16H23N5O. The second kappa shape index (κ2) is 5.94. The van der Waals surface area contributed by atoms with Crippen LogP contribution in [0.3, 0.4) is 0 Å². The van der Waals surface area contributed by atoms with Gasteiger partial charge in [0.25, 0.3) is 5.91 Å². The van der Waals surface area contributed by atoms with Crippen LogP contribution in [-0.4, -0.2) is 37.3 Å². The van der Waals surface area contributed by atoms with Crippen LogP contribution >= 0.6 is 0 Å². The Bertz CT molecular complexity index is 657. The molecule has 0 radical (unpaired) electrons. The third-order valence-corrected chi connectivity index (χ3v) is 4.34. The Morgan fingerprint density at radius 3 is 2.91 bits per heavy atom. The number of aryl methyl sites for hydroxylation is 1. The molecular weight excluding hydrogens is 278 g/mol. The molecule has 1 atom stereocenters. The fourth-order valence-corrected chi connectivity index (χ4v) is 3.21. The summed E-state index contributed by atoms with van der Waals surface area (Å²) in [6, 6.07) is 2.07. The number of H-pyrrole nitrogens is 1. The molecule has 3 heterocycles. The van der Waals surface area contributed by atoms with Crippen LogP contribution in [0.1, 0.15) is 66.9 Å². The summed E-state index contributed by atoms with van der Waals surface area (Å²) in [6.45, 7) is 6.90. The minimum Gasteiger partial charge on any atom is -0.329 e. The molecule has 1 aliphatic rings. The van der Waals surface area contributed by atoms with Crippen molar-refractivity contribution in [2.75, 3.05) is 6.54 Å². The fourth-order valence-electron chi connectivity index (χ4n) is 3.21. The molecule has 3 rings (SSSR count). The van der Waals surface area contributed by atoms with Crippen LogP contribution in [0.25, 0.3) is 0 Å². The molecule has 2 aromatic heterocycles. The molecule has 2 aromatic rings. The molecule has 1 aliphatic heterocycles. The largest absolute Gasteiger partial charge is 0.329 e. The van der Waals surface area contributed by atoms with Crippen LogP contribution in [0.2, 0.25) is 0 Å². The summed E-state index contributed by atoms with van der Waals surface area (Å²) < 4.78 is 1.80. The zero-order valence-corrected chi connectivity index (χ0v) is 13.4. The number of piperidine rings is 1. The minimum atomic E-state index is 0.0601. The van der Waals surface area contributed by atoms with Crippen molar-refractivity contribution in [3.05, 3.63) is 35.4 Å². The van der Waals surface area contributed by atoms with E-state index in [1.54, 1.807) is 10.9 Å². The zero-order valence-electron chi connectivity index (χ0n) is 13.4. The predicted molar refractivity (Wildman–Crippen MR) is 83.6 cm³/mol. The molecule has 1 N–H and O–H groups in total. The number of hydrogen-bond donors (Lipinski definition) is 1. The first-order valence-electron chi connectivity index (χ1n) is 7.94. The molecule has 6 heteroatoms. The number of carbonyl (C=O) groups excluding carboxylic acids is 1. The van der Waals surface area contributed by atoms with Crippen LogP contribution in [0.5, 0.6) is 0 Å². The van der Waals surface area contributed by atoms with Crippen LogP contribution < -0.4 is 0 Å². The van der Waals surface area contributed by atoms with E-state index in [9.17, 15) is 4.79 Å². The standard InChI is InChI=1S/C16H23N5O/c1-11(2)21-14(7-8-18-21)16(22)20-9-5-4-6-13(20)15-12(3)10-17-19-15/h7-8,10-11,13H,4-6,9H2,1-3H3,(H,17,19). The number of amides is 1. The van der Waals surface area contributed by atoms with E-state index in [0.29, 0.717) is 5.69 Å². The molecule has 1 unspecified atom stereocenters. The van der Waals surface area contributed by atoms with Gasteiger partial charge in [0.2, 0.25) is 0 Å². The highest BCUT2D eigenvalue weighted by molar-refractivity contribution is 5.93. The Hall–Kier alpha value is -2.11. The summed E-state index contributed by atoms with van der Waals surface area (Å²) >= 11 is 0. The quantitative estimate of drug-likeness (QED) is 0.948. The second-order valence-electron chi connectivity index (χ2n) is 6.23. The maximum atomic E-state index is 13.0. The summed E-state index contributed by atoms with van der Waals surface area (Å²) in [6.07, 6.45) is 6.69. The summed E-state index contributed by atoms with van der Waals surface area (Å²) in [4.78, 5) is 15.0. The highest BCUT2D eigenvalue weighted by Gasteiger charge is 2.32. The summed E-state index contributed by atoms with van der Waals surface area (Å²) in [5, 5.41) is 11.5. The van der Waals surface area contributed by atoms with E-state index in [0.717, 1.165) is 37.1 Å². The molecule has 0 saturated carbocycles. The van der Waals surface area contributed by atoms with E-state index in [1.165, 1.54) is 0 Å². The van der Waals surface area contributed by atoms with E-state index in [-0.39, 0.29) is 18.0 Å². The zero-order chi connectivity index (χ0) is 15.7. The Morgan fingerprint density at radius 2 is 2.23 bits per heavy atom. The summed E-state index contributed by atoms with van der Waals surface area (Å²) in [5.41, 5.74) is 2.84. The van der Waals surface area contributed by atoms with E-state index in [2.05, 4.69) is 15.3 Å². The SMILES string of the molecule is Cc1cn[nH]c1C1CCCCN1C(=O)c1ccnn1C(C)C.